The van der Waals surface area contributed by atoms with Gasteiger partial charge < -0.3 is 0 Å². The van der Waals surface area contributed by atoms with Crippen molar-refractivity contribution in [2.75, 3.05) is 0 Å². The van der Waals surface area contributed by atoms with Crippen molar-refractivity contribution >= 4 is 0 Å². The van der Waals surface area contributed by atoms with E-state index in [1.807, 2.05) is 0 Å². The molecule has 0 heteroatoms. The van der Waals surface area contributed by atoms with Crippen molar-refractivity contribution in [2.24, 2.45) is 5.92 Å². The molecule has 0 aromatic heterocycles. The van der Waals surface area contributed by atoms with E-state index in [4.69, 9.17) is 0 Å². The lowest BCUT2D eigenvalue weighted by molar-refractivity contribution is 0.384. The van der Waals surface area contributed by atoms with E-state index in [9.17, 15) is 0 Å². The lowest BCUT2D eigenvalue weighted by Crippen LogP contribution is -2.12. The predicted molar refractivity (Wildman–Crippen MR) is 112 cm³/mol. The van der Waals surface area contributed by atoms with Crippen LogP contribution in [0.5, 0.6) is 0 Å². The largest absolute Gasteiger partial charge is 0.0945 e. The highest BCUT2D eigenvalue weighted by Crippen LogP contribution is 2.35. The normalized spacial score (nSPS) is 19.6. The Hall–Kier alpha value is -2.00. The number of aryl methyl sites for hydroxylation is 2. The lowest BCUT2D eigenvalue weighted by atomic mass is 9.78. The molecule has 0 atom stereocenters. The Morgan fingerprint density at radius 2 is 1.46 bits per heavy atom. The summed E-state index contributed by atoms with van der Waals surface area (Å²) in [5.74, 6) is 8.23. The molecule has 1 aliphatic rings. The highest BCUT2D eigenvalue weighted by molar-refractivity contribution is 5.36. The van der Waals surface area contributed by atoms with E-state index in [0.717, 1.165) is 17.9 Å². The Labute approximate surface area is 160 Å². The van der Waals surface area contributed by atoms with Crippen molar-refractivity contribution in [2.45, 2.75) is 71.1 Å². The first-order chi connectivity index (χ1) is 12.8. The fraction of sp³-hybridized carbons (Fsp3) is 0.462. The zero-order valence-corrected chi connectivity index (χ0v) is 16.4. The van der Waals surface area contributed by atoms with Gasteiger partial charge >= 0.3 is 0 Å². The fourth-order valence-corrected chi connectivity index (χ4v) is 3.92. The molecule has 0 heterocycles. The van der Waals surface area contributed by atoms with Gasteiger partial charge in [-0.15, -0.1) is 0 Å². The Balaban J connectivity index is 1.51. The van der Waals surface area contributed by atoms with Crippen LogP contribution in [-0.2, 0) is 12.8 Å². The molecule has 136 valence electrons. The first-order valence-corrected chi connectivity index (χ1v) is 10.5. The van der Waals surface area contributed by atoms with E-state index in [1.54, 1.807) is 0 Å². The fourth-order valence-electron chi connectivity index (χ4n) is 3.92. The van der Waals surface area contributed by atoms with E-state index in [0.29, 0.717) is 5.92 Å². The minimum absolute atomic E-state index is 0.570. The van der Waals surface area contributed by atoms with E-state index < -0.39 is 0 Å². The van der Waals surface area contributed by atoms with Gasteiger partial charge in [0.15, 0.2) is 0 Å². The SMILES string of the molecule is CCCCc1ccc([C@H]2CC[C@H](C#Cc3ccc(CC)cc3)CC2)cc1. The molecule has 0 bridgehead atoms. The zero-order valence-electron chi connectivity index (χ0n) is 16.4. The van der Waals surface area contributed by atoms with E-state index in [2.05, 4.69) is 74.2 Å². The molecule has 3 rings (SSSR count). The van der Waals surface area contributed by atoms with Crippen molar-refractivity contribution in [3.8, 4) is 11.8 Å². The molecule has 0 radical (unpaired) electrons. The van der Waals surface area contributed by atoms with Crippen LogP contribution in [0.1, 0.15) is 80.5 Å². The Kier molecular flexibility index (Phi) is 6.96. The minimum atomic E-state index is 0.570. The Bertz CT molecular complexity index is 716. The van der Waals surface area contributed by atoms with Gasteiger partial charge in [-0.3, -0.25) is 0 Å². The number of rotatable bonds is 5. The highest BCUT2D eigenvalue weighted by Gasteiger charge is 2.21. The molecule has 0 saturated heterocycles. The van der Waals surface area contributed by atoms with Crippen LogP contribution in [0.2, 0.25) is 0 Å². The molecule has 0 N–H and O–H groups in total. The third-order valence-corrected chi connectivity index (χ3v) is 5.78. The smallest absolute Gasteiger partial charge is 0.0245 e. The maximum absolute atomic E-state index is 3.53. The highest BCUT2D eigenvalue weighted by atomic mass is 14.2. The van der Waals surface area contributed by atoms with Gasteiger partial charge in [0.1, 0.15) is 0 Å². The summed E-state index contributed by atoms with van der Waals surface area (Å²) in [6.07, 6.45) is 9.92. The molecule has 0 unspecified atom stereocenters. The second kappa shape index (κ2) is 9.63. The van der Waals surface area contributed by atoms with Gasteiger partial charge in [0.2, 0.25) is 0 Å². The molecule has 1 fully saturated rings. The van der Waals surface area contributed by atoms with Crippen molar-refractivity contribution in [1.29, 1.82) is 0 Å². The molecule has 0 aliphatic heterocycles. The molecule has 2 aromatic carbocycles. The van der Waals surface area contributed by atoms with Crippen molar-refractivity contribution in [3.05, 3.63) is 70.8 Å². The molecular weight excluding hydrogens is 312 g/mol. The maximum Gasteiger partial charge on any atom is 0.0245 e. The number of hydrogen-bond donors (Lipinski definition) is 0. The van der Waals surface area contributed by atoms with Crippen molar-refractivity contribution < 1.29 is 0 Å². The van der Waals surface area contributed by atoms with Crippen LogP contribution in [0.4, 0.5) is 0 Å². The predicted octanol–water partition coefficient (Wildman–Crippen LogP) is 6.92. The monoisotopic (exact) mass is 344 g/mol. The summed E-state index contributed by atoms with van der Waals surface area (Å²) >= 11 is 0. The summed E-state index contributed by atoms with van der Waals surface area (Å²) in [7, 11) is 0. The van der Waals surface area contributed by atoms with Crippen LogP contribution in [0.15, 0.2) is 48.5 Å². The molecule has 1 saturated carbocycles. The van der Waals surface area contributed by atoms with Crippen LogP contribution in [0, 0.1) is 17.8 Å². The van der Waals surface area contributed by atoms with Crippen LogP contribution in [-0.4, -0.2) is 0 Å². The lowest BCUT2D eigenvalue weighted by Gasteiger charge is -2.26. The Morgan fingerprint density at radius 1 is 0.808 bits per heavy atom. The first kappa shape index (κ1) is 18.8. The van der Waals surface area contributed by atoms with Crippen molar-refractivity contribution in [1.82, 2.24) is 0 Å². The van der Waals surface area contributed by atoms with Crippen LogP contribution in [0.25, 0.3) is 0 Å². The quantitative estimate of drug-likeness (QED) is 0.517. The van der Waals surface area contributed by atoms with E-state index in [-0.39, 0.29) is 0 Å². The van der Waals surface area contributed by atoms with Crippen LogP contribution in [0.3, 0.4) is 0 Å². The standard InChI is InChI=1S/C26H32/c1-3-5-6-22-13-17-25(18-14-22)26-19-15-24(16-20-26)12-11-23-9-7-21(4-2)8-10-23/h7-10,13-14,17-18,24,26H,3-6,15-16,19-20H2,1-2H3/t24-,26-. The van der Waals surface area contributed by atoms with Gasteiger partial charge in [-0.2, -0.15) is 0 Å². The third-order valence-electron chi connectivity index (χ3n) is 5.78. The summed E-state index contributed by atoms with van der Waals surface area (Å²) in [4.78, 5) is 0. The summed E-state index contributed by atoms with van der Waals surface area (Å²) in [6.45, 7) is 4.45. The average Bonchev–Trinajstić information content (AvgIpc) is 2.72. The topological polar surface area (TPSA) is 0 Å². The van der Waals surface area contributed by atoms with Gasteiger partial charge in [-0.1, -0.05) is 68.5 Å². The summed E-state index contributed by atoms with van der Waals surface area (Å²) < 4.78 is 0. The zero-order chi connectivity index (χ0) is 18.2. The Morgan fingerprint density at radius 3 is 2.08 bits per heavy atom. The van der Waals surface area contributed by atoms with Gasteiger partial charge in [-0.25, -0.2) is 0 Å². The molecule has 1 aliphatic carbocycles. The molecule has 0 amide bonds. The average molecular weight is 345 g/mol. The molecule has 26 heavy (non-hydrogen) atoms. The van der Waals surface area contributed by atoms with Crippen molar-refractivity contribution in [3.63, 3.8) is 0 Å². The van der Waals surface area contributed by atoms with Crippen LogP contribution >= 0.6 is 0 Å². The molecule has 0 spiro atoms. The van der Waals surface area contributed by atoms with Crippen LogP contribution < -0.4 is 0 Å². The summed E-state index contributed by atoms with van der Waals surface area (Å²) in [5.41, 5.74) is 5.57. The van der Waals surface area contributed by atoms with Gasteiger partial charge in [-0.05, 0) is 79.7 Å². The van der Waals surface area contributed by atoms with Gasteiger partial charge in [0, 0.05) is 11.5 Å². The second-order valence-electron chi connectivity index (χ2n) is 7.71. The number of unbranched alkanes of at least 4 members (excludes halogenated alkanes) is 1. The summed E-state index contributed by atoms with van der Waals surface area (Å²) in [6, 6.07) is 18.2. The first-order valence-electron chi connectivity index (χ1n) is 10.5. The van der Waals surface area contributed by atoms with Gasteiger partial charge in [0.25, 0.3) is 0 Å². The molecule has 0 nitrogen and oxygen atoms in total. The maximum atomic E-state index is 3.53. The van der Waals surface area contributed by atoms with E-state index in [1.165, 1.54) is 61.6 Å². The summed E-state index contributed by atoms with van der Waals surface area (Å²) in [5, 5.41) is 0. The molecular formula is C26H32. The van der Waals surface area contributed by atoms with Gasteiger partial charge in [0.05, 0.1) is 0 Å². The molecule has 2 aromatic rings. The minimum Gasteiger partial charge on any atom is -0.0945 e. The van der Waals surface area contributed by atoms with E-state index >= 15 is 0 Å². The number of hydrogen-bond acceptors (Lipinski definition) is 0. The number of benzene rings is 2. The third kappa shape index (κ3) is 5.25. The second-order valence-corrected chi connectivity index (χ2v) is 7.71.